The number of ether oxygens (including phenoxy) is 1. The lowest BCUT2D eigenvalue weighted by Gasteiger charge is -2.19. The monoisotopic (exact) mass is 391 g/mol. The first-order chi connectivity index (χ1) is 9.12. The molecule has 0 unspecified atom stereocenters. The number of carbonyl (C=O) groups is 1. The highest BCUT2D eigenvalue weighted by Gasteiger charge is 2.06. The van der Waals surface area contributed by atoms with Crippen LogP contribution in [0, 0.1) is 0 Å². The quantitative estimate of drug-likeness (QED) is 0.362. The Morgan fingerprint density at radius 3 is 2.55 bits per heavy atom. The van der Waals surface area contributed by atoms with Gasteiger partial charge >= 0.3 is 5.97 Å². The van der Waals surface area contributed by atoms with E-state index in [2.05, 4.69) is 9.73 Å². The lowest BCUT2D eigenvalue weighted by molar-refractivity contribution is 0.0600. The summed E-state index contributed by atoms with van der Waals surface area (Å²) in [6.45, 7) is 6.17. The molecule has 0 atom stereocenters. The Labute approximate surface area is 137 Å². The maximum Gasteiger partial charge on any atom is 0.337 e. The van der Waals surface area contributed by atoms with E-state index < -0.39 is 0 Å². The van der Waals surface area contributed by atoms with Crippen LogP contribution in [0.3, 0.4) is 0 Å². The van der Waals surface area contributed by atoms with Gasteiger partial charge in [-0.2, -0.15) is 0 Å². The summed E-state index contributed by atoms with van der Waals surface area (Å²) < 4.78 is 4.68. The van der Waals surface area contributed by atoms with Crippen molar-refractivity contribution in [2.75, 3.05) is 20.2 Å². The molecule has 1 rings (SSSR count). The number of hydrogen-bond acceptors (Lipinski definition) is 3. The van der Waals surface area contributed by atoms with Gasteiger partial charge in [-0.3, -0.25) is 0 Å². The molecule has 0 radical (unpaired) electrons. The van der Waals surface area contributed by atoms with E-state index in [4.69, 9.17) is 5.73 Å². The molecule has 20 heavy (non-hydrogen) atoms. The Bertz CT molecular complexity index is 459. The van der Waals surface area contributed by atoms with Crippen LogP contribution >= 0.6 is 24.0 Å². The SMILES string of the molecule is CCN(CC)C(N)=NCc1cccc(C(=O)OC)c1.I. The van der Waals surface area contributed by atoms with E-state index >= 15 is 0 Å². The van der Waals surface area contributed by atoms with Crippen LogP contribution in [0.4, 0.5) is 0 Å². The fourth-order valence-corrected chi connectivity index (χ4v) is 1.73. The number of hydrogen-bond donors (Lipinski definition) is 1. The van der Waals surface area contributed by atoms with Gasteiger partial charge in [0.1, 0.15) is 0 Å². The summed E-state index contributed by atoms with van der Waals surface area (Å²) in [6.07, 6.45) is 0. The third-order valence-electron chi connectivity index (χ3n) is 2.86. The topological polar surface area (TPSA) is 67.9 Å². The maximum atomic E-state index is 11.4. The predicted octanol–water partition coefficient (Wildman–Crippen LogP) is 2.25. The molecule has 0 saturated carbocycles. The zero-order valence-electron chi connectivity index (χ0n) is 12.1. The zero-order valence-corrected chi connectivity index (χ0v) is 14.5. The van der Waals surface area contributed by atoms with E-state index in [-0.39, 0.29) is 29.9 Å². The molecule has 0 aliphatic rings. The molecule has 6 heteroatoms. The number of esters is 1. The van der Waals surface area contributed by atoms with Crippen molar-refractivity contribution in [3.05, 3.63) is 35.4 Å². The van der Waals surface area contributed by atoms with E-state index in [0.29, 0.717) is 18.1 Å². The minimum atomic E-state index is -0.345. The third-order valence-corrected chi connectivity index (χ3v) is 2.86. The molecule has 0 spiro atoms. The predicted molar refractivity (Wildman–Crippen MR) is 91.4 cm³/mol. The summed E-state index contributed by atoms with van der Waals surface area (Å²) in [5.74, 6) is 0.177. The number of rotatable bonds is 5. The van der Waals surface area contributed by atoms with Crippen LogP contribution < -0.4 is 5.73 Å². The van der Waals surface area contributed by atoms with E-state index in [1.165, 1.54) is 7.11 Å². The van der Waals surface area contributed by atoms with Crippen LogP contribution in [0.15, 0.2) is 29.3 Å². The van der Waals surface area contributed by atoms with Crippen LogP contribution in [-0.2, 0) is 11.3 Å². The molecule has 1 aromatic rings. The molecule has 5 nitrogen and oxygen atoms in total. The minimum Gasteiger partial charge on any atom is -0.465 e. The summed E-state index contributed by atoms with van der Waals surface area (Å²) >= 11 is 0. The van der Waals surface area contributed by atoms with E-state index in [1.54, 1.807) is 12.1 Å². The summed E-state index contributed by atoms with van der Waals surface area (Å²) in [5, 5.41) is 0. The number of halogens is 1. The Morgan fingerprint density at radius 2 is 2.00 bits per heavy atom. The van der Waals surface area contributed by atoms with Crippen molar-refractivity contribution in [3.8, 4) is 0 Å². The molecule has 0 saturated heterocycles. The molecular formula is C14H22IN3O2. The molecule has 0 aliphatic heterocycles. The van der Waals surface area contributed by atoms with E-state index in [9.17, 15) is 4.79 Å². The Hall–Kier alpha value is -1.31. The number of nitrogens with zero attached hydrogens (tertiary/aromatic N) is 2. The Morgan fingerprint density at radius 1 is 1.35 bits per heavy atom. The van der Waals surface area contributed by atoms with E-state index in [0.717, 1.165) is 18.7 Å². The van der Waals surface area contributed by atoms with Gasteiger partial charge in [0.15, 0.2) is 5.96 Å². The van der Waals surface area contributed by atoms with Gasteiger partial charge in [0.2, 0.25) is 0 Å². The first-order valence-corrected chi connectivity index (χ1v) is 6.34. The maximum absolute atomic E-state index is 11.4. The molecule has 1 aromatic carbocycles. The highest BCUT2D eigenvalue weighted by atomic mass is 127. The lowest BCUT2D eigenvalue weighted by atomic mass is 10.1. The summed E-state index contributed by atoms with van der Waals surface area (Å²) in [6, 6.07) is 7.20. The molecule has 0 heterocycles. The second kappa shape index (κ2) is 9.57. The van der Waals surface area contributed by atoms with Crippen molar-refractivity contribution in [1.82, 2.24) is 4.90 Å². The summed E-state index contributed by atoms with van der Waals surface area (Å²) in [5.41, 5.74) is 7.35. The van der Waals surface area contributed by atoms with Gasteiger partial charge < -0.3 is 15.4 Å². The largest absolute Gasteiger partial charge is 0.465 e. The van der Waals surface area contributed by atoms with Crippen molar-refractivity contribution in [2.24, 2.45) is 10.7 Å². The van der Waals surface area contributed by atoms with Crippen LogP contribution in [0.25, 0.3) is 0 Å². The third kappa shape index (κ3) is 5.36. The van der Waals surface area contributed by atoms with Gasteiger partial charge in [0, 0.05) is 13.1 Å². The smallest absolute Gasteiger partial charge is 0.337 e. The molecule has 0 aliphatic carbocycles. The second-order valence-corrected chi connectivity index (χ2v) is 4.04. The average molecular weight is 391 g/mol. The van der Waals surface area contributed by atoms with Gasteiger partial charge in [-0.25, -0.2) is 9.79 Å². The van der Waals surface area contributed by atoms with Crippen molar-refractivity contribution in [2.45, 2.75) is 20.4 Å². The Kier molecular flexibility index (Phi) is 8.94. The summed E-state index contributed by atoms with van der Waals surface area (Å²) in [7, 11) is 1.37. The number of guanidine groups is 1. The van der Waals surface area contributed by atoms with Crippen LogP contribution in [0.1, 0.15) is 29.8 Å². The van der Waals surface area contributed by atoms with Gasteiger partial charge in [0.25, 0.3) is 0 Å². The summed E-state index contributed by atoms with van der Waals surface area (Å²) in [4.78, 5) is 17.7. The van der Waals surface area contributed by atoms with Crippen LogP contribution in [-0.4, -0.2) is 37.0 Å². The van der Waals surface area contributed by atoms with E-state index in [1.807, 2.05) is 30.9 Å². The number of benzene rings is 1. The van der Waals surface area contributed by atoms with Crippen molar-refractivity contribution in [3.63, 3.8) is 0 Å². The standard InChI is InChI=1S/C14H21N3O2.HI/c1-4-17(5-2)14(15)16-10-11-7-6-8-12(9-11)13(18)19-3;/h6-9H,4-5,10H2,1-3H3,(H2,15,16);1H. The highest BCUT2D eigenvalue weighted by molar-refractivity contribution is 14.0. The van der Waals surface area contributed by atoms with Crippen LogP contribution in [0.5, 0.6) is 0 Å². The van der Waals surface area contributed by atoms with Gasteiger partial charge in [-0.1, -0.05) is 12.1 Å². The normalized spacial score (nSPS) is 10.7. The number of nitrogens with two attached hydrogens (primary N) is 1. The number of carbonyl (C=O) groups excluding carboxylic acids is 1. The Balaban J connectivity index is 0.00000361. The number of aliphatic imine (C=N–C) groups is 1. The average Bonchev–Trinajstić information content (AvgIpc) is 2.45. The zero-order chi connectivity index (χ0) is 14.3. The molecule has 0 aromatic heterocycles. The van der Waals surface area contributed by atoms with Gasteiger partial charge in [-0.05, 0) is 31.5 Å². The second-order valence-electron chi connectivity index (χ2n) is 4.04. The van der Waals surface area contributed by atoms with Gasteiger partial charge in [0.05, 0.1) is 19.2 Å². The fraction of sp³-hybridized carbons (Fsp3) is 0.429. The van der Waals surface area contributed by atoms with Crippen molar-refractivity contribution >= 4 is 35.9 Å². The van der Waals surface area contributed by atoms with Crippen molar-refractivity contribution < 1.29 is 9.53 Å². The molecule has 0 fully saturated rings. The number of methoxy groups -OCH3 is 1. The first-order valence-electron chi connectivity index (χ1n) is 6.34. The van der Waals surface area contributed by atoms with Gasteiger partial charge in [-0.15, -0.1) is 24.0 Å². The fourth-order valence-electron chi connectivity index (χ4n) is 1.73. The molecule has 112 valence electrons. The highest BCUT2D eigenvalue weighted by Crippen LogP contribution is 2.08. The molecule has 0 bridgehead atoms. The minimum absolute atomic E-state index is 0. The molecular weight excluding hydrogens is 369 g/mol. The molecule has 0 amide bonds. The van der Waals surface area contributed by atoms with Crippen LogP contribution in [0.2, 0.25) is 0 Å². The first kappa shape index (κ1) is 18.7. The lowest BCUT2D eigenvalue weighted by Crippen LogP contribution is -2.37. The molecule has 2 N–H and O–H groups in total. The van der Waals surface area contributed by atoms with Crippen molar-refractivity contribution in [1.29, 1.82) is 0 Å².